The quantitative estimate of drug-likeness (QED) is 0.509. The maximum absolute atomic E-state index is 12.3. The highest BCUT2D eigenvalue weighted by Gasteiger charge is 2.26. The summed E-state index contributed by atoms with van der Waals surface area (Å²) in [6.45, 7) is 0. The first-order valence-corrected chi connectivity index (χ1v) is 2.93. The van der Waals surface area contributed by atoms with Crippen molar-refractivity contribution in [3.63, 3.8) is 0 Å². The van der Waals surface area contributed by atoms with Crippen LogP contribution in [0.5, 0.6) is 0 Å². The van der Waals surface area contributed by atoms with Gasteiger partial charge < -0.3 is 5.11 Å². The minimum atomic E-state index is -4.48. The Hall–Kier alpha value is -1.02. The maximum atomic E-state index is 12.3. The predicted octanol–water partition coefficient (Wildman–Crippen LogP) is 1.79. The molecular weight excluding hydrogens is 176 g/mol. The number of hydrogen-bond acceptors (Lipinski definition) is 1. The van der Waals surface area contributed by atoms with Gasteiger partial charge in [0.2, 0.25) is 0 Å². The van der Waals surface area contributed by atoms with E-state index in [4.69, 9.17) is 5.11 Å². The van der Waals surface area contributed by atoms with Gasteiger partial charge in [-0.1, -0.05) is 5.92 Å². The van der Waals surface area contributed by atoms with Crippen LogP contribution in [0.15, 0.2) is 11.9 Å². The Kier molecular flexibility index (Phi) is 3.77. The number of allylic oxidation sites excluding steroid dienone is 1. The van der Waals surface area contributed by atoms with Crippen molar-refractivity contribution < 1.29 is 22.7 Å². The second-order valence-corrected chi connectivity index (χ2v) is 1.98. The largest absolute Gasteiger partial charge is 0.392 e. The van der Waals surface area contributed by atoms with E-state index in [2.05, 4.69) is 6.42 Å². The highest BCUT2D eigenvalue weighted by molar-refractivity contribution is 5.12. The minimum Gasteiger partial charge on any atom is -0.374 e. The van der Waals surface area contributed by atoms with E-state index in [9.17, 15) is 17.6 Å². The van der Waals surface area contributed by atoms with Crippen LogP contribution in [0.25, 0.3) is 0 Å². The third-order valence-electron chi connectivity index (χ3n) is 0.948. The third kappa shape index (κ3) is 4.74. The smallest absolute Gasteiger partial charge is 0.374 e. The van der Waals surface area contributed by atoms with Gasteiger partial charge in [0, 0.05) is 0 Å². The third-order valence-corrected chi connectivity index (χ3v) is 0.948. The van der Waals surface area contributed by atoms with Crippen molar-refractivity contribution in [2.75, 3.05) is 0 Å². The lowest BCUT2D eigenvalue weighted by molar-refractivity contribution is -0.125. The summed E-state index contributed by atoms with van der Waals surface area (Å²) < 4.78 is 46.6. The van der Waals surface area contributed by atoms with E-state index in [0.717, 1.165) is 0 Å². The number of hydrogen-bond donors (Lipinski definition) is 1. The first kappa shape index (κ1) is 11.0. The van der Waals surface area contributed by atoms with Gasteiger partial charge in [0.25, 0.3) is 0 Å². The summed E-state index contributed by atoms with van der Waals surface area (Å²) >= 11 is 0. The Morgan fingerprint density at radius 1 is 1.58 bits per heavy atom. The summed E-state index contributed by atoms with van der Waals surface area (Å²) in [7, 11) is 0. The summed E-state index contributed by atoms with van der Waals surface area (Å²) in [6.07, 6.45) is -3.03. The van der Waals surface area contributed by atoms with E-state index in [1.165, 1.54) is 0 Å². The molecule has 0 fully saturated rings. The normalized spacial score (nSPS) is 15.5. The van der Waals surface area contributed by atoms with E-state index in [1.54, 1.807) is 5.92 Å². The van der Waals surface area contributed by atoms with Crippen LogP contribution < -0.4 is 0 Å². The fraction of sp³-hybridized carbons (Fsp3) is 0.429. The molecule has 0 saturated heterocycles. The molecule has 0 aliphatic rings. The van der Waals surface area contributed by atoms with E-state index in [1.807, 2.05) is 0 Å². The summed E-state index contributed by atoms with van der Waals surface area (Å²) in [5.41, 5.74) is 0. The molecule has 0 heterocycles. The average molecular weight is 182 g/mol. The number of alkyl halides is 3. The summed E-state index contributed by atoms with van der Waals surface area (Å²) in [6, 6.07) is 0. The molecule has 68 valence electrons. The van der Waals surface area contributed by atoms with E-state index < -0.39 is 24.5 Å². The number of aliphatic hydroxyl groups is 1. The number of rotatable bonds is 2. The van der Waals surface area contributed by atoms with Gasteiger partial charge >= 0.3 is 6.18 Å². The predicted molar refractivity (Wildman–Crippen MR) is 34.7 cm³/mol. The van der Waals surface area contributed by atoms with Crippen molar-refractivity contribution in [2.24, 2.45) is 0 Å². The molecule has 5 heteroatoms. The van der Waals surface area contributed by atoms with Crippen LogP contribution in [-0.2, 0) is 0 Å². The van der Waals surface area contributed by atoms with Gasteiger partial charge in [0.05, 0.1) is 6.42 Å². The van der Waals surface area contributed by atoms with Crippen LogP contribution in [0.2, 0.25) is 0 Å². The molecule has 1 atom stereocenters. The van der Waals surface area contributed by atoms with Gasteiger partial charge in [-0.3, -0.25) is 0 Å². The van der Waals surface area contributed by atoms with Crippen LogP contribution in [0, 0.1) is 12.3 Å². The molecule has 1 nitrogen and oxygen atoms in total. The molecule has 0 aromatic heterocycles. The van der Waals surface area contributed by atoms with Gasteiger partial charge in [-0.15, -0.1) is 6.42 Å². The molecule has 0 rings (SSSR count). The summed E-state index contributed by atoms with van der Waals surface area (Å²) in [5, 5.41) is 8.48. The first-order chi connectivity index (χ1) is 5.37. The van der Waals surface area contributed by atoms with Crippen LogP contribution in [0.4, 0.5) is 17.6 Å². The highest BCUT2D eigenvalue weighted by atomic mass is 19.4. The summed E-state index contributed by atoms with van der Waals surface area (Å²) in [5.74, 6) is 0.194. The molecule has 0 saturated carbocycles. The molecule has 0 radical (unpaired) electrons. The fourth-order valence-corrected chi connectivity index (χ4v) is 0.404. The lowest BCUT2D eigenvalue weighted by atomic mass is 10.2. The Balaban J connectivity index is 4.12. The van der Waals surface area contributed by atoms with Crippen molar-refractivity contribution in [3.8, 4) is 12.3 Å². The first-order valence-electron chi connectivity index (χ1n) is 2.93. The molecule has 0 spiro atoms. The van der Waals surface area contributed by atoms with Crippen molar-refractivity contribution >= 4 is 0 Å². The van der Waals surface area contributed by atoms with Crippen LogP contribution in [0.3, 0.4) is 0 Å². The second-order valence-electron chi connectivity index (χ2n) is 1.98. The Labute approximate surface area is 66.7 Å². The van der Waals surface area contributed by atoms with Crippen LogP contribution >= 0.6 is 0 Å². The maximum Gasteiger partial charge on any atom is 0.392 e. The number of aliphatic hydroxyl groups excluding tert-OH is 1. The van der Waals surface area contributed by atoms with Gasteiger partial charge in [-0.25, -0.2) is 4.39 Å². The van der Waals surface area contributed by atoms with Gasteiger partial charge in [-0.05, 0) is 6.08 Å². The molecule has 0 amide bonds. The second kappa shape index (κ2) is 4.12. The molecule has 0 aliphatic heterocycles. The molecule has 0 aliphatic carbocycles. The minimum absolute atomic E-state index is 0.213. The lowest BCUT2D eigenvalue weighted by Crippen LogP contribution is -2.08. The lowest BCUT2D eigenvalue weighted by Gasteiger charge is -2.02. The van der Waals surface area contributed by atoms with Crippen molar-refractivity contribution in [2.45, 2.75) is 18.7 Å². The SMILES string of the molecule is C#CC(O)C(F)=CCC(F)(F)F. The van der Waals surface area contributed by atoms with Crippen LogP contribution in [0.1, 0.15) is 6.42 Å². The Morgan fingerprint density at radius 2 is 2.08 bits per heavy atom. The molecule has 1 N–H and O–H groups in total. The molecule has 12 heavy (non-hydrogen) atoms. The van der Waals surface area contributed by atoms with Crippen molar-refractivity contribution in [3.05, 3.63) is 11.9 Å². The molecule has 0 aromatic rings. The van der Waals surface area contributed by atoms with Crippen LogP contribution in [-0.4, -0.2) is 17.4 Å². The number of terminal acetylenes is 1. The molecular formula is C7H6F4O. The highest BCUT2D eigenvalue weighted by Crippen LogP contribution is 2.21. The topological polar surface area (TPSA) is 20.2 Å². The Bertz CT molecular complexity index is 210. The zero-order chi connectivity index (χ0) is 9.78. The number of halogens is 4. The monoisotopic (exact) mass is 182 g/mol. The van der Waals surface area contributed by atoms with Gasteiger partial charge in [0.15, 0.2) is 6.10 Å². The van der Waals surface area contributed by atoms with E-state index in [0.29, 0.717) is 0 Å². The van der Waals surface area contributed by atoms with Crippen molar-refractivity contribution in [1.29, 1.82) is 0 Å². The average Bonchev–Trinajstić information content (AvgIpc) is 1.97. The van der Waals surface area contributed by atoms with Gasteiger partial charge in [-0.2, -0.15) is 13.2 Å². The van der Waals surface area contributed by atoms with Crippen molar-refractivity contribution in [1.82, 2.24) is 0 Å². The van der Waals surface area contributed by atoms with Gasteiger partial charge in [0.1, 0.15) is 5.83 Å². The van der Waals surface area contributed by atoms with E-state index in [-0.39, 0.29) is 6.08 Å². The van der Waals surface area contributed by atoms with E-state index >= 15 is 0 Å². The molecule has 1 unspecified atom stereocenters. The zero-order valence-electron chi connectivity index (χ0n) is 5.90. The fourth-order valence-electron chi connectivity index (χ4n) is 0.404. The summed E-state index contributed by atoms with van der Waals surface area (Å²) in [4.78, 5) is 0. The zero-order valence-corrected chi connectivity index (χ0v) is 5.90. The molecule has 0 bridgehead atoms. The molecule has 0 aromatic carbocycles. The standard InChI is InChI=1S/C7H6F4O/c1-2-6(12)5(8)3-4-7(9,10)11/h1,3,6,12H,4H2. The Morgan fingerprint density at radius 3 is 2.42 bits per heavy atom.